The molecule has 1 aromatic heterocycles. The summed E-state index contributed by atoms with van der Waals surface area (Å²) in [4.78, 5) is 12.6. The smallest absolute Gasteiger partial charge is 0.407 e. The van der Waals surface area contributed by atoms with Gasteiger partial charge >= 0.3 is 6.09 Å². The van der Waals surface area contributed by atoms with Crippen LogP contribution in [0.5, 0.6) is 0 Å². The van der Waals surface area contributed by atoms with E-state index in [4.69, 9.17) is 22.0 Å². The summed E-state index contributed by atoms with van der Waals surface area (Å²) in [5.41, 5.74) is -1.47. The minimum atomic E-state index is -3.49. The molecule has 2 N–H and O–H groups in total. The number of cyclic esters (lactones) is 1. The van der Waals surface area contributed by atoms with E-state index in [1.165, 1.54) is 0 Å². The minimum absolute atomic E-state index is 0.0532. The summed E-state index contributed by atoms with van der Waals surface area (Å²) in [6.45, 7) is -10.1. The van der Waals surface area contributed by atoms with Crippen LogP contribution in [0.1, 0.15) is 30.3 Å². The molecule has 1 amide bonds. The number of alkyl carbamates (subject to hydrolysis) is 1. The number of hydrogen-bond donors (Lipinski definition) is 2. The molecule has 5 nitrogen and oxygen atoms in total. The van der Waals surface area contributed by atoms with Crippen LogP contribution in [0, 0.1) is 0 Å². The molecule has 5 heteroatoms. The van der Waals surface area contributed by atoms with E-state index in [9.17, 15) is 4.79 Å². The van der Waals surface area contributed by atoms with Crippen LogP contribution in [0.3, 0.4) is 0 Å². The Bertz CT molecular complexity index is 1240. The van der Waals surface area contributed by atoms with E-state index in [-0.39, 0.29) is 21.4 Å². The number of nitrogens with one attached hydrogen (secondary N) is 2. The number of carbonyl (C=O) groups excluding carboxylic acids is 1. The second-order valence-electron chi connectivity index (χ2n) is 4.21. The molecule has 1 aliphatic heterocycles. The molecule has 2 aromatic rings. The Morgan fingerprint density at radius 1 is 1.71 bits per heavy atom. The first-order chi connectivity index (χ1) is 16.5. The number of benzene rings is 1. The molecule has 0 radical (unpaired) electrons. The highest BCUT2D eigenvalue weighted by molar-refractivity contribution is 5.84. The van der Waals surface area contributed by atoms with Crippen molar-refractivity contribution in [3.63, 3.8) is 0 Å². The van der Waals surface area contributed by atoms with Gasteiger partial charge in [-0.05, 0) is 50.0 Å². The van der Waals surface area contributed by atoms with Crippen LogP contribution in [-0.2, 0) is 17.5 Å². The highest BCUT2D eigenvalue weighted by Gasteiger charge is 2.22. The number of rotatable bonds is 5. The maximum absolute atomic E-state index is 11.8. The Balaban J connectivity index is 2.25. The van der Waals surface area contributed by atoms with Crippen molar-refractivity contribution in [3.05, 3.63) is 35.5 Å². The number of fused-ring (bicyclic) bond motifs is 1. The van der Waals surface area contributed by atoms with Crippen molar-refractivity contribution in [2.24, 2.45) is 0 Å². The van der Waals surface area contributed by atoms with Gasteiger partial charge in [-0.25, -0.2) is 4.79 Å². The van der Waals surface area contributed by atoms with Gasteiger partial charge in [-0.2, -0.15) is 0 Å². The highest BCUT2D eigenvalue weighted by Crippen LogP contribution is 2.21. The minimum Gasteiger partial charge on any atom is -0.447 e. The zero-order chi connectivity index (χ0) is 28.7. The highest BCUT2D eigenvalue weighted by atomic mass is 16.6. The third kappa shape index (κ3) is 3.19. The van der Waals surface area contributed by atoms with E-state index >= 15 is 0 Å². The number of carbonyl (C=O) groups is 1. The van der Waals surface area contributed by atoms with Crippen LogP contribution < -0.4 is 5.31 Å². The number of H-pyrrole nitrogens is 1. The summed E-state index contributed by atoms with van der Waals surface area (Å²) < 4.78 is 132. The van der Waals surface area contributed by atoms with Crippen molar-refractivity contribution in [2.45, 2.75) is 18.8 Å². The lowest BCUT2D eigenvalue weighted by molar-refractivity contribution is 0.177. The molecule has 0 saturated carbocycles. The number of aromatic amines is 1. The van der Waals surface area contributed by atoms with E-state index in [1.54, 1.807) is 0 Å². The molecular formula is C16H21N3O2. The van der Waals surface area contributed by atoms with E-state index in [2.05, 4.69) is 4.74 Å². The molecule has 2 heterocycles. The fourth-order valence-corrected chi connectivity index (χ4v) is 1.82. The standard InChI is InChI=1S/C16H21N3O2/c1-19(2)6-5-12-9-17-15-4-3-11(8-14(12)15)7-13-10-21-16(20)18-13/h3-4,8-9,13,17H,5-7,10H2,1-2H3,(H,18,20)/t13-/m0/s1/i1D3,2D3,3D,4D,7D2,8D,10D2,13D/hD2. The summed E-state index contributed by atoms with van der Waals surface area (Å²) in [5.74, 6) is 0. The van der Waals surface area contributed by atoms with Gasteiger partial charge < -0.3 is 19.9 Å². The van der Waals surface area contributed by atoms with Crippen molar-refractivity contribution < 1.29 is 31.5 Å². The van der Waals surface area contributed by atoms with Crippen LogP contribution in [0.2, 0.25) is 2.82 Å². The monoisotopic (exact) mass is 303 g/mol. The van der Waals surface area contributed by atoms with Gasteiger partial charge in [0.05, 0.1) is 14.2 Å². The molecule has 1 aromatic carbocycles. The Labute approximate surface area is 146 Å². The average Bonchev–Trinajstić information content (AvgIpc) is 3.11. The van der Waals surface area contributed by atoms with Gasteiger partial charge in [0.1, 0.15) is 6.56 Å². The Hall–Kier alpha value is -2.01. The normalized spacial score (nSPS) is 37.6. The topological polar surface area (TPSA) is 57.4 Å². The summed E-state index contributed by atoms with van der Waals surface area (Å²) >= 11 is 0. The second-order valence-corrected chi connectivity index (χ2v) is 4.21. The summed E-state index contributed by atoms with van der Waals surface area (Å²) in [7, 11) is 0. The molecular weight excluding hydrogens is 266 g/mol. The molecule has 1 fully saturated rings. The van der Waals surface area contributed by atoms with Crippen LogP contribution in [0.25, 0.3) is 10.9 Å². The van der Waals surface area contributed by atoms with Gasteiger partial charge in [-0.3, -0.25) is 0 Å². The van der Waals surface area contributed by atoms with Crippen LogP contribution in [-0.4, -0.2) is 49.0 Å². The van der Waals surface area contributed by atoms with Crippen molar-refractivity contribution in [2.75, 3.05) is 27.1 Å². The first-order valence-electron chi connectivity index (χ1n) is 13.8. The number of amides is 1. The zero-order valence-electron chi connectivity index (χ0n) is 26.6. The predicted octanol–water partition coefficient (Wildman–Crippen LogP) is 1.92. The van der Waals surface area contributed by atoms with Crippen molar-refractivity contribution >= 4 is 17.0 Å². The molecule has 1 atom stereocenters. The van der Waals surface area contributed by atoms with E-state index in [1.807, 2.05) is 0 Å². The summed E-state index contributed by atoms with van der Waals surface area (Å²) in [6.07, 6.45) is -4.55. The van der Waals surface area contributed by atoms with Crippen molar-refractivity contribution in [1.82, 2.24) is 15.2 Å². The van der Waals surface area contributed by atoms with Gasteiger partial charge in [0.25, 0.3) is 0 Å². The largest absolute Gasteiger partial charge is 0.447 e. The maximum atomic E-state index is 11.8. The fraction of sp³-hybridized carbons (Fsp3) is 0.438. The van der Waals surface area contributed by atoms with Gasteiger partial charge in [0.15, 0.2) is 2.82 Å². The third-order valence-corrected chi connectivity index (χ3v) is 2.75. The number of aromatic nitrogens is 1. The van der Waals surface area contributed by atoms with E-state index in [0.717, 1.165) is 6.20 Å². The second kappa shape index (κ2) is 5.77. The molecule has 1 aliphatic rings. The van der Waals surface area contributed by atoms with E-state index in [0.29, 0.717) is 4.98 Å². The molecule has 0 unspecified atom stereocenters. The van der Waals surface area contributed by atoms with E-state index < -0.39 is 81.0 Å². The SMILES string of the molecule is [2H]c1c(C([2H])([2H])[C@]2([2H])N([2H])C(=O)OC2([2H])[2H])c([2H])c2c(CCN(C([2H])([2H])[2H])C([2H])([2H])[2H])cn([2H])c2c1[2H]. The summed E-state index contributed by atoms with van der Waals surface area (Å²) in [5, 5.41) is -0.738. The first kappa shape index (κ1) is 4.49. The maximum Gasteiger partial charge on any atom is 0.407 e. The quantitative estimate of drug-likeness (QED) is 0.887. The predicted molar refractivity (Wildman–Crippen MR) is 82.5 cm³/mol. The number of nitrogens with zero attached hydrogens (tertiary/aromatic N) is 1. The number of likely N-dealkylation sites (N-methyl/N-ethyl adjacent to an activating group) is 1. The molecule has 0 bridgehead atoms. The Morgan fingerprint density at radius 2 is 2.62 bits per heavy atom. The lowest BCUT2D eigenvalue weighted by atomic mass is 10.0. The van der Waals surface area contributed by atoms with Gasteiger partial charge in [0.2, 0.25) is 0 Å². The molecule has 1 saturated heterocycles. The van der Waals surface area contributed by atoms with Crippen molar-refractivity contribution in [1.29, 1.82) is 0 Å². The van der Waals surface area contributed by atoms with Crippen molar-refractivity contribution in [3.8, 4) is 0 Å². The summed E-state index contributed by atoms with van der Waals surface area (Å²) in [6, 6.07) is -6.17. The third-order valence-electron chi connectivity index (χ3n) is 2.75. The molecule has 3 rings (SSSR count). The lowest BCUT2D eigenvalue weighted by Gasteiger charge is -2.09. The number of hydrogen-bond acceptors (Lipinski definition) is 3. The molecule has 21 heavy (non-hydrogen) atoms. The molecule has 0 spiro atoms. The Morgan fingerprint density at radius 3 is 3.38 bits per heavy atom. The zero-order valence-corrected chi connectivity index (χ0v) is 10.6. The lowest BCUT2D eigenvalue weighted by Crippen LogP contribution is -2.28. The van der Waals surface area contributed by atoms with Crippen LogP contribution in [0.15, 0.2) is 24.3 Å². The molecule has 112 valence electrons. The van der Waals surface area contributed by atoms with Crippen LogP contribution in [0.4, 0.5) is 4.79 Å². The average molecular weight is 303 g/mol. The number of ether oxygens (including phenoxy) is 1. The van der Waals surface area contributed by atoms with Gasteiger partial charge in [0, 0.05) is 34.6 Å². The van der Waals surface area contributed by atoms with Crippen LogP contribution >= 0.6 is 0 Å². The first-order valence-corrected chi connectivity index (χ1v) is 5.95. The molecule has 0 aliphatic carbocycles. The Kier molecular flexibility index (Phi) is 1.23. The van der Waals surface area contributed by atoms with Gasteiger partial charge in [-0.15, -0.1) is 0 Å². The fourth-order valence-electron chi connectivity index (χ4n) is 1.82. The van der Waals surface area contributed by atoms with Gasteiger partial charge in [-0.1, -0.05) is 6.04 Å².